The zero-order valence-corrected chi connectivity index (χ0v) is 14.2. The van der Waals surface area contributed by atoms with Gasteiger partial charge in [0.25, 0.3) is 5.24 Å². The third-order valence-electron chi connectivity index (χ3n) is 3.97. The predicted molar refractivity (Wildman–Crippen MR) is 96.1 cm³/mol. The zero-order chi connectivity index (χ0) is 16.6. The average molecular weight is 324 g/mol. The van der Waals surface area contributed by atoms with Crippen molar-refractivity contribution in [3.05, 3.63) is 65.7 Å². The molecule has 0 unspecified atom stereocenters. The summed E-state index contributed by atoms with van der Waals surface area (Å²) in [5.41, 5.74) is 4.36. The Balaban J connectivity index is 2.15. The van der Waals surface area contributed by atoms with Gasteiger partial charge in [-0.25, -0.2) is 4.98 Å². The molecule has 0 bridgehead atoms. The third kappa shape index (κ3) is 3.13. The third-order valence-corrected chi connectivity index (χ3v) is 4.18. The highest BCUT2D eigenvalue weighted by Gasteiger charge is 2.15. The number of para-hydroxylation sites is 1. The van der Waals surface area contributed by atoms with E-state index in [1.54, 1.807) is 6.07 Å². The second-order valence-electron chi connectivity index (χ2n) is 6.67. The van der Waals surface area contributed by atoms with E-state index in [0.29, 0.717) is 5.56 Å². The lowest BCUT2D eigenvalue weighted by molar-refractivity contribution is 0.108. The molecule has 1 aromatic heterocycles. The molecule has 23 heavy (non-hydrogen) atoms. The SMILES string of the molecule is CC(C)(C)c1ccc(-c2cc(C(=O)Cl)c3ccccc3n2)cc1. The van der Waals surface area contributed by atoms with Crippen molar-refractivity contribution < 1.29 is 4.79 Å². The van der Waals surface area contributed by atoms with Gasteiger partial charge in [0, 0.05) is 16.5 Å². The minimum atomic E-state index is -0.462. The first-order chi connectivity index (χ1) is 10.9. The molecule has 3 rings (SSSR count). The van der Waals surface area contributed by atoms with Crippen molar-refractivity contribution in [2.24, 2.45) is 0 Å². The van der Waals surface area contributed by atoms with Gasteiger partial charge in [-0.1, -0.05) is 63.2 Å². The number of hydrogen-bond donors (Lipinski definition) is 0. The van der Waals surface area contributed by atoms with Crippen LogP contribution in [0.3, 0.4) is 0 Å². The first-order valence-electron chi connectivity index (χ1n) is 7.57. The van der Waals surface area contributed by atoms with Crippen LogP contribution in [-0.4, -0.2) is 10.2 Å². The van der Waals surface area contributed by atoms with E-state index in [2.05, 4.69) is 37.9 Å². The van der Waals surface area contributed by atoms with E-state index >= 15 is 0 Å². The fourth-order valence-corrected chi connectivity index (χ4v) is 2.78. The van der Waals surface area contributed by atoms with Crippen molar-refractivity contribution in [1.29, 1.82) is 0 Å². The van der Waals surface area contributed by atoms with Gasteiger partial charge in [0.1, 0.15) is 0 Å². The molecule has 3 aromatic rings. The van der Waals surface area contributed by atoms with Crippen LogP contribution in [0.4, 0.5) is 0 Å². The van der Waals surface area contributed by atoms with Crippen molar-refractivity contribution in [3.63, 3.8) is 0 Å². The highest BCUT2D eigenvalue weighted by molar-refractivity contribution is 6.68. The minimum absolute atomic E-state index is 0.104. The lowest BCUT2D eigenvalue weighted by Gasteiger charge is -2.19. The molecule has 0 aliphatic carbocycles. The van der Waals surface area contributed by atoms with E-state index in [-0.39, 0.29) is 5.41 Å². The van der Waals surface area contributed by atoms with Crippen molar-refractivity contribution in [3.8, 4) is 11.3 Å². The number of pyridine rings is 1. The van der Waals surface area contributed by atoms with E-state index in [9.17, 15) is 4.79 Å². The number of fused-ring (bicyclic) bond motifs is 1. The van der Waals surface area contributed by atoms with Crippen LogP contribution in [0.25, 0.3) is 22.2 Å². The van der Waals surface area contributed by atoms with Crippen LogP contribution >= 0.6 is 11.6 Å². The van der Waals surface area contributed by atoms with Crippen LogP contribution in [0.15, 0.2) is 54.6 Å². The molecule has 0 saturated heterocycles. The van der Waals surface area contributed by atoms with Gasteiger partial charge in [-0.05, 0) is 34.7 Å². The molecular weight excluding hydrogens is 306 g/mol. The molecule has 0 aliphatic heterocycles. The van der Waals surface area contributed by atoms with Crippen molar-refractivity contribution >= 4 is 27.7 Å². The molecule has 0 radical (unpaired) electrons. The summed E-state index contributed by atoms with van der Waals surface area (Å²) in [6.07, 6.45) is 0. The fraction of sp³-hybridized carbons (Fsp3) is 0.200. The van der Waals surface area contributed by atoms with E-state index < -0.39 is 5.24 Å². The smallest absolute Gasteiger partial charge is 0.253 e. The molecule has 0 atom stereocenters. The predicted octanol–water partition coefficient (Wildman–Crippen LogP) is 5.58. The Kier molecular flexibility index (Phi) is 3.95. The fourth-order valence-electron chi connectivity index (χ4n) is 2.63. The molecule has 3 heteroatoms. The van der Waals surface area contributed by atoms with Crippen LogP contribution in [0, 0.1) is 0 Å². The highest BCUT2D eigenvalue weighted by atomic mass is 35.5. The van der Waals surface area contributed by atoms with Crippen LogP contribution in [-0.2, 0) is 5.41 Å². The number of halogens is 1. The lowest BCUT2D eigenvalue weighted by atomic mass is 9.86. The molecule has 2 aromatic carbocycles. The Morgan fingerprint density at radius 3 is 2.26 bits per heavy atom. The van der Waals surface area contributed by atoms with Gasteiger partial charge < -0.3 is 0 Å². The van der Waals surface area contributed by atoms with E-state index in [0.717, 1.165) is 22.2 Å². The summed E-state index contributed by atoms with van der Waals surface area (Å²) in [4.78, 5) is 16.4. The van der Waals surface area contributed by atoms with Gasteiger partial charge in [-0.2, -0.15) is 0 Å². The molecular formula is C20H18ClNO. The minimum Gasteiger partial charge on any atom is -0.276 e. The number of hydrogen-bond acceptors (Lipinski definition) is 2. The van der Waals surface area contributed by atoms with E-state index in [4.69, 9.17) is 11.6 Å². The van der Waals surface area contributed by atoms with Gasteiger partial charge in [0.05, 0.1) is 11.2 Å². The van der Waals surface area contributed by atoms with Crippen LogP contribution < -0.4 is 0 Å². The summed E-state index contributed by atoms with van der Waals surface area (Å²) in [7, 11) is 0. The summed E-state index contributed by atoms with van der Waals surface area (Å²) in [6, 6.07) is 17.6. The number of benzene rings is 2. The first kappa shape index (κ1) is 15.7. The quantitative estimate of drug-likeness (QED) is 0.576. The van der Waals surface area contributed by atoms with Gasteiger partial charge in [0.15, 0.2) is 0 Å². The number of carbonyl (C=O) groups is 1. The molecule has 0 amide bonds. The monoisotopic (exact) mass is 323 g/mol. The van der Waals surface area contributed by atoms with Crippen LogP contribution in [0.5, 0.6) is 0 Å². The summed E-state index contributed by atoms with van der Waals surface area (Å²) in [5, 5.41) is 0.318. The second kappa shape index (κ2) is 5.78. The molecule has 1 heterocycles. The number of carbonyl (C=O) groups excluding carboxylic acids is 1. The first-order valence-corrected chi connectivity index (χ1v) is 7.94. The summed E-state index contributed by atoms with van der Waals surface area (Å²) >= 11 is 5.76. The molecule has 0 aliphatic rings. The zero-order valence-electron chi connectivity index (χ0n) is 13.4. The Labute approximate surface area is 141 Å². The van der Waals surface area contributed by atoms with Crippen molar-refractivity contribution in [1.82, 2.24) is 4.98 Å². The Morgan fingerprint density at radius 1 is 1.00 bits per heavy atom. The second-order valence-corrected chi connectivity index (χ2v) is 7.02. The van der Waals surface area contributed by atoms with Crippen molar-refractivity contribution in [2.75, 3.05) is 0 Å². The lowest BCUT2D eigenvalue weighted by Crippen LogP contribution is -2.10. The normalized spacial score (nSPS) is 11.7. The highest BCUT2D eigenvalue weighted by Crippen LogP contribution is 2.28. The Hall–Kier alpha value is -2.19. The standard InChI is InChI=1S/C20H18ClNO/c1-20(2,3)14-10-8-13(9-11-14)18-12-16(19(21)23)15-6-4-5-7-17(15)22-18/h4-12H,1-3H3. The molecule has 0 spiro atoms. The largest absolute Gasteiger partial charge is 0.276 e. The van der Waals surface area contributed by atoms with Crippen LogP contribution in [0.1, 0.15) is 36.7 Å². The Bertz CT molecular complexity index is 876. The summed E-state index contributed by atoms with van der Waals surface area (Å²) in [5.74, 6) is 0. The maximum Gasteiger partial charge on any atom is 0.253 e. The molecule has 0 fully saturated rings. The van der Waals surface area contributed by atoms with Gasteiger partial charge in [-0.3, -0.25) is 4.79 Å². The van der Waals surface area contributed by atoms with Gasteiger partial charge >= 0.3 is 0 Å². The number of nitrogens with zero attached hydrogens (tertiary/aromatic N) is 1. The number of rotatable bonds is 2. The molecule has 2 nitrogen and oxygen atoms in total. The van der Waals surface area contributed by atoms with E-state index in [1.807, 2.05) is 36.4 Å². The maximum atomic E-state index is 11.8. The molecule has 116 valence electrons. The molecule has 0 saturated carbocycles. The topological polar surface area (TPSA) is 30.0 Å². The van der Waals surface area contributed by atoms with Gasteiger partial charge in [0.2, 0.25) is 0 Å². The summed E-state index contributed by atoms with van der Waals surface area (Å²) < 4.78 is 0. The maximum absolute atomic E-state index is 11.8. The summed E-state index contributed by atoms with van der Waals surface area (Å²) in [6.45, 7) is 6.54. The van der Waals surface area contributed by atoms with Crippen molar-refractivity contribution in [2.45, 2.75) is 26.2 Å². The van der Waals surface area contributed by atoms with E-state index in [1.165, 1.54) is 5.56 Å². The van der Waals surface area contributed by atoms with Crippen LogP contribution in [0.2, 0.25) is 0 Å². The number of aromatic nitrogens is 1. The molecule has 0 N–H and O–H groups in total. The average Bonchev–Trinajstić information content (AvgIpc) is 2.53. The van der Waals surface area contributed by atoms with Gasteiger partial charge in [-0.15, -0.1) is 0 Å². The Morgan fingerprint density at radius 2 is 1.65 bits per heavy atom.